The maximum Gasteiger partial charge on any atom is 0.220 e. The van der Waals surface area contributed by atoms with Gasteiger partial charge in [0, 0.05) is 26.5 Å². The van der Waals surface area contributed by atoms with Gasteiger partial charge in [0.15, 0.2) is 5.12 Å². The Kier molecular flexibility index (Phi) is 13.3. The standard InChI is InChI=1S/C12H23NO5S/c1-16-7-8-18-10-9-17-6-5-13-11(14)3-2-4-12(15)19/h2-10H2,1H3,(H,13,14)(H,15,19). The van der Waals surface area contributed by atoms with Crippen molar-refractivity contribution in [3.05, 3.63) is 0 Å². The highest BCUT2D eigenvalue weighted by Gasteiger charge is 2.02. The van der Waals surface area contributed by atoms with Crippen LogP contribution in [0.15, 0.2) is 0 Å². The molecule has 0 aromatic carbocycles. The van der Waals surface area contributed by atoms with E-state index >= 15 is 0 Å². The molecular formula is C12H23NO5S. The van der Waals surface area contributed by atoms with Gasteiger partial charge in [0.25, 0.3) is 0 Å². The maximum atomic E-state index is 11.3. The molecule has 0 aliphatic heterocycles. The van der Waals surface area contributed by atoms with E-state index in [9.17, 15) is 9.59 Å². The van der Waals surface area contributed by atoms with Crippen LogP contribution in [0.2, 0.25) is 0 Å². The van der Waals surface area contributed by atoms with E-state index in [1.54, 1.807) is 7.11 Å². The van der Waals surface area contributed by atoms with Crippen molar-refractivity contribution in [1.29, 1.82) is 0 Å². The molecule has 0 atom stereocenters. The van der Waals surface area contributed by atoms with Crippen molar-refractivity contribution < 1.29 is 23.8 Å². The van der Waals surface area contributed by atoms with E-state index in [1.165, 1.54) is 0 Å². The number of amides is 1. The normalized spacial score (nSPS) is 10.4. The van der Waals surface area contributed by atoms with Crippen LogP contribution in [0.3, 0.4) is 0 Å². The molecular weight excluding hydrogens is 270 g/mol. The molecule has 0 aliphatic rings. The number of hydrogen-bond donors (Lipinski definition) is 2. The van der Waals surface area contributed by atoms with Crippen LogP contribution in [0.1, 0.15) is 19.3 Å². The third kappa shape index (κ3) is 15.3. The minimum Gasteiger partial charge on any atom is -0.382 e. The molecule has 7 heteroatoms. The van der Waals surface area contributed by atoms with Crippen LogP contribution >= 0.6 is 12.6 Å². The summed E-state index contributed by atoms with van der Waals surface area (Å²) in [4.78, 5) is 21.8. The van der Waals surface area contributed by atoms with Gasteiger partial charge in [-0.05, 0) is 6.42 Å². The molecule has 0 radical (unpaired) electrons. The smallest absolute Gasteiger partial charge is 0.220 e. The molecule has 0 aliphatic carbocycles. The fraction of sp³-hybridized carbons (Fsp3) is 0.833. The Bertz CT molecular complexity index is 250. The molecule has 1 N–H and O–H groups in total. The molecule has 1 amide bonds. The summed E-state index contributed by atoms with van der Waals surface area (Å²) in [5.74, 6) is -0.0745. The van der Waals surface area contributed by atoms with Crippen molar-refractivity contribution in [3.63, 3.8) is 0 Å². The van der Waals surface area contributed by atoms with Crippen molar-refractivity contribution in [2.45, 2.75) is 19.3 Å². The van der Waals surface area contributed by atoms with Gasteiger partial charge < -0.3 is 19.5 Å². The Morgan fingerprint density at radius 1 is 1.00 bits per heavy atom. The summed E-state index contributed by atoms with van der Waals surface area (Å²) in [6, 6.07) is 0. The van der Waals surface area contributed by atoms with Gasteiger partial charge in [-0.3, -0.25) is 9.59 Å². The number of carbonyl (C=O) groups excluding carboxylic acids is 2. The van der Waals surface area contributed by atoms with Gasteiger partial charge in [0.2, 0.25) is 5.91 Å². The Morgan fingerprint density at radius 2 is 1.63 bits per heavy atom. The van der Waals surface area contributed by atoms with Gasteiger partial charge in [-0.25, -0.2) is 0 Å². The molecule has 19 heavy (non-hydrogen) atoms. The van der Waals surface area contributed by atoms with Crippen LogP contribution in [0.5, 0.6) is 0 Å². The summed E-state index contributed by atoms with van der Waals surface area (Å²) in [5, 5.41) is 2.52. The number of carbonyl (C=O) groups is 2. The number of hydrogen-bond acceptors (Lipinski definition) is 5. The Labute approximate surface area is 119 Å². The summed E-state index contributed by atoms with van der Waals surface area (Å²) in [7, 11) is 1.62. The van der Waals surface area contributed by atoms with Crippen LogP contribution in [0, 0.1) is 0 Å². The van der Waals surface area contributed by atoms with E-state index in [4.69, 9.17) is 14.2 Å². The van der Waals surface area contributed by atoms with Gasteiger partial charge in [-0.2, -0.15) is 0 Å². The molecule has 6 nitrogen and oxygen atoms in total. The van der Waals surface area contributed by atoms with Crippen LogP contribution in [0.25, 0.3) is 0 Å². The van der Waals surface area contributed by atoms with Crippen LogP contribution in [-0.2, 0) is 23.8 Å². The number of nitrogens with one attached hydrogen (secondary N) is 1. The number of methoxy groups -OCH3 is 1. The molecule has 0 aromatic rings. The zero-order valence-corrected chi connectivity index (χ0v) is 12.2. The minimum absolute atomic E-state index is 0.0745. The highest BCUT2D eigenvalue weighted by molar-refractivity contribution is 7.96. The summed E-state index contributed by atoms with van der Waals surface area (Å²) in [6.45, 7) is 3.05. The summed E-state index contributed by atoms with van der Waals surface area (Å²) < 4.78 is 15.3. The molecule has 0 heterocycles. The lowest BCUT2D eigenvalue weighted by Gasteiger charge is -2.07. The number of rotatable bonds is 13. The maximum absolute atomic E-state index is 11.3. The lowest BCUT2D eigenvalue weighted by Crippen LogP contribution is -2.27. The summed E-state index contributed by atoms with van der Waals surface area (Å²) in [5.41, 5.74) is 0. The van der Waals surface area contributed by atoms with Crippen molar-refractivity contribution in [2.75, 3.05) is 46.7 Å². The predicted molar refractivity (Wildman–Crippen MR) is 74.4 cm³/mol. The monoisotopic (exact) mass is 293 g/mol. The van der Waals surface area contributed by atoms with Crippen molar-refractivity contribution >= 4 is 23.7 Å². The molecule has 0 aromatic heterocycles. The quantitative estimate of drug-likeness (QED) is 0.380. The predicted octanol–water partition coefficient (Wildman–Crippen LogP) is 0.409. The summed E-state index contributed by atoms with van der Waals surface area (Å²) >= 11 is 3.63. The van der Waals surface area contributed by atoms with Crippen LogP contribution in [0.4, 0.5) is 0 Å². The molecule has 0 rings (SSSR count). The average molecular weight is 293 g/mol. The van der Waals surface area contributed by atoms with Gasteiger partial charge in [-0.15, -0.1) is 12.6 Å². The number of ether oxygens (including phenoxy) is 3. The van der Waals surface area contributed by atoms with E-state index in [1.807, 2.05) is 0 Å². The van der Waals surface area contributed by atoms with Crippen LogP contribution < -0.4 is 5.32 Å². The molecule has 0 fully saturated rings. The Morgan fingerprint density at radius 3 is 2.26 bits per heavy atom. The largest absolute Gasteiger partial charge is 0.382 e. The molecule has 0 saturated heterocycles. The number of thiol groups is 1. The highest BCUT2D eigenvalue weighted by atomic mass is 32.1. The van der Waals surface area contributed by atoms with E-state index in [0.29, 0.717) is 58.8 Å². The third-order valence-electron chi connectivity index (χ3n) is 2.17. The lowest BCUT2D eigenvalue weighted by molar-refractivity contribution is -0.121. The highest BCUT2D eigenvalue weighted by Crippen LogP contribution is 1.98. The van der Waals surface area contributed by atoms with Crippen molar-refractivity contribution in [3.8, 4) is 0 Å². The molecule has 112 valence electrons. The Balaban J connectivity index is 3.16. The Hall–Kier alpha value is -0.630. The first kappa shape index (κ1) is 18.4. The lowest BCUT2D eigenvalue weighted by atomic mass is 10.2. The molecule has 0 spiro atoms. The molecule has 0 saturated carbocycles. The zero-order valence-electron chi connectivity index (χ0n) is 11.4. The fourth-order valence-corrected chi connectivity index (χ4v) is 1.37. The zero-order chi connectivity index (χ0) is 14.3. The van der Waals surface area contributed by atoms with E-state index in [0.717, 1.165) is 0 Å². The third-order valence-corrected chi connectivity index (χ3v) is 2.39. The van der Waals surface area contributed by atoms with E-state index in [2.05, 4.69) is 17.9 Å². The van der Waals surface area contributed by atoms with E-state index in [-0.39, 0.29) is 11.0 Å². The first-order chi connectivity index (χ1) is 9.16. The first-order valence-electron chi connectivity index (χ1n) is 6.29. The SMILES string of the molecule is COCCOCCOCCNC(=O)CCCC(=O)S. The molecule has 0 unspecified atom stereocenters. The first-order valence-corrected chi connectivity index (χ1v) is 6.74. The average Bonchev–Trinajstić information content (AvgIpc) is 2.36. The van der Waals surface area contributed by atoms with Gasteiger partial charge in [0.1, 0.15) is 0 Å². The van der Waals surface area contributed by atoms with Gasteiger partial charge >= 0.3 is 0 Å². The second-order valence-electron chi connectivity index (χ2n) is 3.81. The topological polar surface area (TPSA) is 73.9 Å². The van der Waals surface area contributed by atoms with Crippen molar-refractivity contribution in [1.82, 2.24) is 5.32 Å². The van der Waals surface area contributed by atoms with E-state index < -0.39 is 0 Å². The van der Waals surface area contributed by atoms with Crippen molar-refractivity contribution in [2.24, 2.45) is 0 Å². The second-order valence-corrected chi connectivity index (χ2v) is 4.31. The van der Waals surface area contributed by atoms with Gasteiger partial charge in [0.05, 0.1) is 33.0 Å². The van der Waals surface area contributed by atoms with Crippen LogP contribution in [-0.4, -0.2) is 57.7 Å². The second kappa shape index (κ2) is 13.8. The minimum atomic E-state index is -0.190. The molecule has 0 bridgehead atoms. The summed E-state index contributed by atoms with van der Waals surface area (Å²) in [6.07, 6.45) is 1.20. The fourth-order valence-electron chi connectivity index (χ4n) is 1.22. The van der Waals surface area contributed by atoms with Gasteiger partial charge in [-0.1, -0.05) is 0 Å².